The number of halogens is 1. The molecule has 0 amide bonds. The Hall–Kier alpha value is -0.800. The molecule has 2 rings (SSSR count). The lowest BCUT2D eigenvalue weighted by Crippen LogP contribution is -2.23. The number of hydrogen-bond donors (Lipinski definition) is 1. The summed E-state index contributed by atoms with van der Waals surface area (Å²) in [7, 11) is 2.08. The Balaban J connectivity index is 2.32. The average Bonchev–Trinajstić information content (AvgIpc) is 2.79. The molecule has 0 atom stereocenters. The number of aliphatic carboxylic acids is 1. The van der Waals surface area contributed by atoms with Crippen LogP contribution >= 0.6 is 34.4 Å². The fraction of sp³-hybridized carbons (Fsp3) is 0.429. The predicted molar refractivity (Wildman–Crippen MR) is 94.0 cm³/mol. The number of carbonyl (C=O) groups is 1. The highest BCUT2D eigenvalue weighted by Gasteiger charge is 2.13. The predicted octanol–water partition coefficient (Wildman–Crippen LogP) is 2.77. The summed E-state index contributed by atoms with van der Waals surface area (Å²) in [5.74, 6) is -0.789. The maximum atomic E-state index is 10.8. The van der Waals surface area contributed by atoms with Gasteiger partial charge in [0.15, 0.2) is 5.16 Å². The highest BCUT2D eigenvalue weighted by molar-refractivity contribution is 14.1. The number of thioether (sulfide) groups is 1. The van der Waals surface area contributed by atoms with Gasteiger partial charge in [0, 0.05) is 16.7 Å². The fourth-order valence-electron chi connectivity index (χ4n) is 1.96. The van der Waals surface area contributed by atoms with Crippen molar-refractivity contribution in [2.45, 2.75) is 18.6 Å². The van der Waals surface area contributed by atoms with Crippen molar-refractivity contribution in [3.8, 4) is 0 Å². The Bertz CT molecular complexity index is 644. The summed E-state index contributed by atoms with van der Waals surface area (Å²) in [5, 5.41) is 9.65. The molecule has 0 aliphatic carbocycles. The average molecular weight is 419 g/mol. The summed E-state index contributed by atoms with van der Waals surface area (Å²) in [6.45, 7) is 4.83. The molecule has 1 N–H and O–H groups in total. The number of nitrogens with zero attached hydrogens (tertiary/aromatic N) is 3. The SMILES string of the molecule is CCN(C)CCn1c(SCC(=O)O)nc2cc(I)ccc21. The summed E-state index contributed by atoms with van der Waals surface area (Å²) >= 11 is 3.54. The zero-order chi connectivity index (χ0) is 15.4. The first-order valence-corrected chi connectivity index (χ1v) is 8.76. The van der Waals surface area contributed by atoms with Crippen molar-refractivity contribution >= 4 is 51.4 Å². The second-order valence-electron chi connectivity index (χ2n) is 4.76. The van der Waals surface area contributed by atoms with Crippen molar-refractivity contribution in [2.75, 3.05) is 25.9 Å². The molecule has 21 heavy (non-hydrogen) atoms. The van der Waals surface area contributed by atoms with E-state index in [-0.39, 0.29) is 5.75 Å². The van der Waals surface area contributed by atoms with Gasteiger partial charge < -0.3 is 14.6 Å². The minimum absolute atomic E-state index is 0.0318. The van der Waals surface area contributed by atoms with Crippen molar-refractivity contribution in [3.63, 3.8) is 0 Å². The molecule has 114 valence electrons. The van der Waals surface area contributed by atoms with E-state index in [9.17, 15) is 4.79 Å². The molecule has 0 unspecified atom stereocenters. The van der Waals surface area contributed by atoms with E-state index in [0.717, 1.165) is 39.4 Å². The first-order valence-electron chi connectivity index (χ1n) is 6.70. The molecule has 0 fully saturated rings. The number of benzene rings is 1. The van der Waals surface area contributed by atoms with Crippen LogP contribution in [0.5, 0.6) is 0 Å². The van der Waals surface area contributed by atoms with Crippen LogP contribution in [-0.4, -0.2) is 51.4 Å². The van der Waals surface area contributed by atoms with E-state index in [0.29, 0.717) is 0 Å². The smallest absolute Gasteiger partial charge is 0.313 e. The second-order valence-corrected chi connectivity index (χ2v) is 6.95. The molecular formula is C14H18IN3O2S. The van der Waals surface area contributed by atoms with E-state index in [1.54, 1.807) is 0 Å². The Morgan fingerprint density at radius 2 is 2.29 bits per heavy atom. The zero-order valence-electron chi connectivity index (χ0n) is 12.0. The number of hydrogen-bond acceptors (Lipinski definition) is 4. The number of likely N-dealkylation sites (N-methyl/N-ethyl adjacent to an activating group) is 1. The van der Waals surface area contributed by atoms with Crippen molar-refractivity contribution in [3.05, 3.63) is 21.8 Å². The largest absolute Gasteiger partial charge is 0.481 e. The number of carboxylic acid groups (broad SMARTS) is 1. The fourth-order valence-corrected chi connectivity index (χ4v) is 3.20. The van der Waals surface area contributed by atoms with Gasteiger partial charge in [0.1, 0.15) is 0 Å². The van der Waals surface area contributed by atoms with E-state index in [2.05, 4.69) is 63.1 Å². The van der Waals surface area contributed by atoms with Crippen LogP contribution in [0, 0.1) is 3.57 Å². The molecule has 0 saturated heterocycles. The topological polar surface area (TPSA) is 58.4 Å². The molecule has 0 bridgehead atoms. The van der Waals surface area contributed by atoms with Crippen molar-refractivity contribution in [1.29, 1.82) is 0 Å². The lowest BCUT2D eigenvalue weighted by atomic mass is 10.3. The molecule has 7 heteroatoms. The molecular weight excluding hydrogens is 401 g/mol. The molecule has 5 nitrogen and oxygen atoms in total. The van der Waals surface area contributed by atoms with Crippen LogP contribution in [0.2, 0.25) is 0 Å². The zero-order valence-corrected chi connectivity index (χ0v) is 15.0. The third-order valence-corrected chi connectivity index (χ3v) is 4.88. The van der Waals surface area contributed by atoms with Crippen molar-refractivity contribution in [1.82, 2.24) is 14.5 Å². The third kappa shape index (κ3) is 4.33. The van der Waals surface area contributed by atoms with Gasteiger partial charge in [-0.2, -0.15) is 0 Å². The van der Waals surface area contributed by atoms with E-state index in [1.807, 2.05) is 6.07 Å². The Morgan fingerprint density at radius 1 is 1.52 bits per heavy atom. The number of aromatic nitrogens is 2. The van der Waals surface area contributed by atoms with Crippen LogP contribution in [0.15, 0.2) is 23.4 Å². The first-order chi connectivity index (χ1) is 10.0. The van der Waals surface area contributed by atoms with Gasteiger partial charge in [-0.05, 0) is 54.4 Å². The summed E-state index contributed by atoms with van der Waals surface area (Å²) < 4.78 is 3.25. The second kappa shape index (κ2) is 7.46. The van der Waals surface area contributed by atoms with Gasteiger partial charge in [0.2, 0.25) is 0 Å². The van der Waals surface area contributed by atoms with Crippen molar-refractivity contribution in [2.24, 2.45) is 0 Å². The third-order valence-electron chi connectivity index (χ3n) is 3.25. The molecule has 1 aromatic heterocycles. The number of imidazole rings is 1. The molecule has 1 heterocycles. The maximum Gasteiger partial charge on any atom is 0.313 e. The molecule has 0 aliphatic heterocycles. The summed E-state index contributed by atoms with van der Waals surface area (Å²) in [4.78, 5) is 17.6. The highest BCUT2D eigenvalue weighted by Crippen LogP contribution is 2.25. The minimum atomic E-state index is -0.820. The van der Waals surface area contributed by atoms with Crippen molar-refractivity contribution < 1.29 is 9.90 Å². The Morgan fingerprint density at radius 3 is 2.95 bits per heavy atom. The van der Waals surface area contributed by atoms with Crippen LogP contribution in [-0.2, 0) is 11.3 Å². The highest BCUT2D eigenvalue weighted by atomic mass is 127. The Labute approximate surface area is 141 Å². The standard InChI is InChI=1S/C14H18IN3O2S/c1-3-17(2)6-7-18-12-5-4-10(15)8-11(12)16-14(18)21-9-13(19)20/h4-5,8H,3,6-7,9H2,1-2H3,(H,19,20). The van der Waals surface area contributed by atoms with Gasteiger partial charge in [-0.15, -0.1) is 0 Å². The summed E-state index contributed by atoms with van der Waals surface area (Å²) in [5.41, 5.74) is 1.99. The van der Waals surface area contributed by atoms with E-state index >= 15 is 0 Å². The van der Waals surface area contributed by atoms with Crippen LogP contribution < -0.4 is 0 Å². The van der Waals surface area contributed by atoms with E-state index in [1.165, 1.54) is 11.8 Å². The van der Waals surface area contributed by atoms with Crippen LogP contribution in [0.3, 0.4) is 0 Å². The van der Waals surface area contributed by atoms with Crippen LogP contribution in [0.1, 0.15) is 6.92 Å². The van der Waals surface area contributed by atoms with Gasteiger partial charge >= 0.3 is 5.97 Å². The van der Waals surface area contributed by atoms with E-state index < -0.39 is 5.97 Å². The van der Waals surface area contributed by atoms with Gasteiger partial charge in [0.05, 0.1) is 16.8 Å². The van der Waals surface area contributed by atoms with Crippen LogP contribution in [0.4, 0.5) is 0 Å². The number of carboxylic acids is 1. The van der Waals surface area contributed by atoms with Gasteiger partial charge in [0.25, 0.3) is 0 Å². The Kier molecular flexibility index (Phi) is 5.88. The molecule has 0 saturated carbocycles. The molecule has 0 aliphatic rings. The molecule has 0 radical (unpaired) electrons. The maximum absolute atomic E-state index is 10.8. The summed E-state index contributed by atoms with van der Waals surface area (Å²) in [6, 6.07) is 6.14. The first kappa shape index (κ1) is 16.6. The summed E-state index contributed by atoms with van der Waals surface area (Å²) in [6.07, 6.45) is 0. The lowest BCUT2D eigenvalue weighted by molar-refractivity contribution is -0.133. The lowest BCUT2D eigenvalue weighted by Gasteiger charge is -2.15. The minimum Gasteiger partial charge on any atom is -0.481 e. The number of rotatable bonds is 7. The molecule has 1 aromatic carbocycles. The normalized spacial score (nSPS) is 11.4. The monoisotopic (exact) mass is 419 g/mol. The van der Waals surface area contributed by atoms with Gasteiger partial charge in [-0.25, -0.2) is 4.98 Å². The molecule has 0 spiro atoms. The van der Waals surface area contributed by atoms with Gasteiger partial charge in [-0.3, -0.25) is 4.79 Å². The number of fused-ring (bicyclic) bond motifs is 1. The molecule has 2 aromatic rings. The van der Waals surface area contributed by atoms with E-state index in [4.69, 9.17) is 5.11 Å². The van der Waals surface area contributed by atoms with Gasteiger partial charge in [-0.1, -0.05) is 18.7 Å². The quantitative estimate of drug-likeness (QED) is 0.553. The van der Waals surface area contributed by atoms with Crippen LogP contribution in [0.25, 0.3) is 11.0 Å².